The Morgan fingerprint density at radius 1 is 1.00 bits per heavy atom. The number of hydrogen-bond acceptors (Lipinski definition) is 5. The summed E-state index contributed by atoms with van der Waals surface area (Å²) in [6.07, 6.45) is 2.81. The van der Waals surface area contributed by atoms with Crippen molar-refractivity contribution in [3.63, 3.8) is 0 Å². The van der Waals surface area contributed by atoms with Crippen LogP contribution in [0.2, 0.25) is 0 Å². The van der Waals surface area contributed by atoms with Gasteiger partial charge in [-0.15, -0.1) is 0 Å². The van der Waals surface area contributed by atoms with E-state index in [2.05, 4.69) is 28.9 Å². The minimum Gasteiger partial charge on any atom is -0.494 e. The van der Waals surface area contributed by atoms with Crippen LogP contribution in [0.4, 0.5) is 11.6 Å². The molecule has 4 rings (SSSR count). The highest BCUT2D eigenvalue weighted by molar-refractivity contribution is 5.59. The van der Waals surface area contributed by atoms with Gasteiger partial charge in [0, 0.05) is 24.2 Å². The molecule has 0 aliphatic carbocycles. The minimum atomic E-state index is 0.0495. The number of nitrogens with zero attached hydrogens (tertiary/aromatic N) is 4. The van der Waals surface area contributed by atoms with E-state index in [9.17, 15) is 4.79 Å². The second-order valence-electron chi connectivity index (χ2n) is 8.26. The standard InChI is InChI=1S/C26H32N4O2/c1-4-6-16-28-18-29(22-12-14-23(15-13-22)32-5-2)26-27-20(3)24(25(31)30(26)19-28)17-21-10-8-7-9-11-21/h7-15H,4-6,16-19H2,1-3H3. The van der Waals surface area contributed by atoms with Crippen molar-refractivity contribution in [3.8, 4) is 5.75 Å². The van der Waals surface area contributed by atoms with Gasteiger partial charge >= 0.3 is 0 Å². The number of ether oxygens (including phenoxy) is 1. The van der Waals surface area contributed by atoms with Crippen molar-refractivity contribution >= 4 is 11.6 Å². The Bertz CT molecular complexity index is 1090. The van der Waals surface area contributed by atoms with Crippen LogP contribution in [0.5, 0.6) is 5.75 Å². The van der Waals surface area contributed by atoms with Gasteiger partial charge in [0.05, 0.1) is 25.6 Å². The average molecular weight is 433 g/mol. The normalized spacial score (nSPS) is 13.8. The second kappa shape index (κ2) is 10.0. The molecule has 0 N–H and O–H groups in total. The number of aromatic nitrogens is 2. The van der Waals surface area contributed by atoms with Gasteiger partial charge in [0.15, 0.2) is 0 Å². The number of fused-ring (bicyclic) bond motifs is 1. The Morgan fingerprint density at radius 3 is 2.44 bits per heavy atom. The van der Waals surface area contributed by atoms with Gasteiger partial charge in [-0.1, -0.05) is 43.7 Å². The fourth-order valence-corrected chi connectivity index (χ4v) is 4.14. The van der Waals surface area contributed by atoms with Crippen molar-refractivity contribution in [2.45, 2.75) is 46.7 Å². The molecule has 2 aromatic carbocycles. The highest BCUT2D eigenvalue weighted by Gasteiger charge is 2.27. The lowest BCUT2D eigenvalue weighted by atomic mass is 10.1. The molecule has 3 aromatic rings. The molecule has 1 aliphatic rings. The predicted molar refractivity (Wildman–Crippen MR) is 129 cm³/mol. The van der Waals surface area contributed by atoms with Crippen LogP contribution in [-0.4, -0.2) is 34.3 Å². The van der Waals surface area contributed by atoms with E-state index in [0.717, 1.165) is 47.6 Å². The van der Waals surface area contributed by atoms with Gasteiger partial charge in [0.2, 0.25) is 5.95 Å². The van der Waals surface area contributed by atoms with Gasteiger partial charge < -0.3 is 4.74 Å². The molecule has 0 amide bonds. The molecule has 0 fully saturated rings. The average Bonchev–Trinajstić information content (AvgIpc) is 2.82. The highest BCUT2D eigenvalue weighted by atomic mass is 16.5. The lowest BCUT2D eigenvalue weighted by Gasteiger charge is -2.38. The zero-order valence-corrected chi connectivity index (χ0v) is 19.3. The summed E-state index contributed by atoms with van der Waals surface area (Å²) in [7, 11) is 0. The van der Waals surface area contributed by atoms with E-state index < -0.39 is 0 Å². The lowest BCUT2D eigenvalue weighted by Crippen LogP contribution is -2.48. The molecule has 1 aromatic heterocycles. The van der Waals surface area contributed by atoms with E-state index in [0.29, 0.717) is 32.3 Å². The van der Waals surface area contributed by atoms with Crippen LogP contribution in [0.25, 0.3) is 0 Å². The summed E-state index contributed by atoms with van der Waals surface area (Å²) in [6.45, 7) is 8.97. The monoisotopic (exact) mass is 432 g/mol. The van der Waals surface area contributed by atoms with Crippen molar-refractivity contribution in [1.29, 1.82) is 0 Å². The molecular formula is C26H32N4O2. The molecule has 0 spiro atoms. The maximum absolute atomic E-state index is 13.6. The summed E-state index contributed by atoms with van der Waals surface area (Å²) in [5, 5.41) is 0. The van der Waals surface area contributed by atoms with Crippen molar-refractivity contribution in [3.05, 3.63) is 81.8 Å². The number of aryl methyl sites for hydroxylation is 1. The molecule has 0 saturated carbocycles. The highest BCUT2D eigenvalue weighted by Crippen LogP contribution is 2.29. The molecule has 0 bridgehead atoms. The first-order chi connectivity index (χ1) is 15.6. The number of hydrogen-bond donors (Lipinski definition) is 0. The molecule has 6 heteroatoms. The van der Waals surface area contributed by atoms with Crippen LogP contribution >= 0.6 is 0 Å². The van der Waals surface area contributed by atoms with Gasteiger partial charge in [-0.2, -0.15) is 0 Å². The first-order valence-electron chi connectivity index (χ1n) is 11.5. The smallest absolute Gasteiger partial charge is 0.259 e. The van der Waals surface area contributed by atoms with Crippen molar-refractivity contribution in [2.24, 2.45) is 0 Å². The topological polar surface area (TPSA) is 50.6 Å². The third kappa shape index (κ3) is 4.70. The summed E-state index contributed by atoms with van der Waals surface area (Å²) < 4.78 is 7.44. The zero-order chi connectivity index (χ0) is 22.5. The Kier molecular flexibility index (Phi) is 6.90. The van der Waals surface area contributed by atoms with Gasteiger partial charge in [0.25, 0.3) is 5.56 Å². The molecule has 32 heavy (non-hydrogen) atoms. The van der Waals surface area contributed by atoms with Crippen LogP contribution in [0, 0.1) is 6.92 Å². The van der Waals surface area contributed by atoms with E-state index in [4.69, 9.17) is 9.72 Å². The van der Waals surface area contributed by atoms with Gasteiger partial charge in [0.1, 0.15) is 5.75 Å². The van der Waals surface area contributed by atoms with E-state index in [1.54, 1.807) is 0 Å². The minimum absolute atomic E-state index is 0.0495. The third-order valence-corrected chi connectivity index (χ3v) is 5.88. The van der Waals surface area contributed by atoms with E-state index in [-0.39, 0.29) is 5.56 Å². The number of benzene rings is 2. The first kappa shape index (κ1) is 22.1. The molecule has 1 aliphatic heterocycles. The van der Waals surface area contributed by atoms with Crippen LogP contribution in [0.3, 0.4) is 0 Å². The van der Waals surface area contributed by atoms with E-state index >= 15 is 0 Å². The van der Waals surface area contributed by atoms with Crippen LogP contribution in [0.15, 0.2) is 59.4 Å². The molecule has 2 heterocycles. The van der Waals surface area contributed by atoms with Crippen molar-refractivity contribution < 1.29 is 4.74 Å². The molecule has 0 unspecified atom stereocenters. The van der Waals surface area contributed by atoms with Crippen LogP contribution < -0.4 is 15.2 Å². The Balaban J connectivity index is 1.74. The second-order valence-corrected chi connectivity index (χ2v) is 8.26. The first-order valence-corrected chi connectivity index (χ1v) is 11.5. The molecule has 0 saturated heterocycles. The summed E-state index contributed by atoms with van der Waals surface area (Å²) in [4.78, 5) is 23.0. The Hall–Kier alpha value is -3.12. The lowest BCUT2D eigenvalue weighted by molar-refractivity contribution is 0.195. The molecule has 0 atom stereocenters. The molecular weight excluding hydrogens is 400 g/mol. The molecule has 0 radical (unpaired) electrons. The van der Waals surface area contributed by atoms with E-state index in [1.807, 2.05) is 60.9 Å². The van der Waals surface area contributed by atoms with Gasteiger partial charge in [-0.25, -0.2) is 4.98 Å². The van der Waals surface area contributed by atoms with Crippen LogP contribution in [-0.2, 0) is 13.1 Å². The fourth-order valence-electron chi connectivity index (χ4n) is 4.14. The van der Waals surface area contributed by atoms with Gasteiger partial charge in [-0.3, -0.25) is 19.2 Å². The maximum Gasteiger partial charge on any atom is 0.259 e. The molecule has 168 valence electrons. The third-order valence-electron chi connectivity index (χ3n) is 5.88. The quantitative estimate of drug-likeness (QED) is 0.516. The summed E-state index contributed by atoms with van der Waals surface area (Å²) in [6, 6.07) is 18.2. The maximum atomic E-state index is 13.6. The predicted octanol–water partition coefficient (Wildman–Crippen LogP) is 4.71. The Labute approximate surface area is 190 Å². The molecule has 6 nitrogen and oxygen atoms in total. The van der Waals surface area contributed by atoms with Crippen molar-refractivity contribution in [1.82, 2.24) is 14.5 Å². The van der Waals surface area contributed by atoms with Crippen molar-refractivity contribution in [2.75, 3.05) is 24.7 Å². The number of rotatable bonds is 8. The Morgan fingerprint density at radius 2 is 1.75 bits per heavy atom. The van der Waals surface area contributed by atoms with Gasteiger partial charge in [-0.05, 0) is 50.1 Å². The summed E-state index contributed by atoms with van der Waals surface area (Å²) in [5.74, 6) is 1.55. The fraction of sp³-hybridized carbons (Fsp3) is 0.385. The van der Waals surface area contributed by atoms with Crippen LogP contribution in [0.1, 0.15) is 43.5 Å². The zero-order valence-electron chi connectivity index (χ0n) is 19.3. The summed E-state index contributed by atoms with van der Waals surface area (Å²) >= 11 is 0. The summed E-state index contributed by atoms with van der Waals surface area (Å²) in [5.41, 5.74) is 3.74. The number of anilines is 2. The van der Waals surface area contributed by atoms with E-state index in [1.165, 1.54) is 0 Å². The number of unbranched alkanes of at least 4 members (excludes halogenated alkanes) is 1. The largest absolute Gasteiger partial charge is 0.494 e. The SMILES string of the molecule is CCCCN1CN(c2ccc(OCC)cc2)c2nc(C)c(Cc3ccccc3)c(=O)n2C1.